The summed E-state index contributed by atoms with van der Waals surface area (Å²) in [5, 5.41) is 3.25. The van der Waals surface area contributed by atoms with E-state index >= 15 is 0 Å². The lowest BCUT2D eigenvalue weighted by atomic mass is 10.1. The second-order valence-corrected chi connectivity index (χ2v) is 5.50. The third-order valence-electron chi connectivity index (χ3n) is 3.89. The van der Waals surface area contributed by atoms with Gasteiger partial charge in [0.15, 0.2) is 0 Å². The molecule has 2 rings (SSSR count). The number of hydrogen-bond donors (Lipinski definition) is 3. The van der Waals surface area contributed by atoms with E-state index in [1.807, 2.05) is 6.92 Å². The van der Waals surface area contributed by atoms with Gasteiger partial charge in [-0.15, -0.1) is 0 Å². The fourth-order valence-electron chi connectivity index (χ4n) is 2.80. The highest BCUT2D eigenvalue weighted by Crippen LogP contribution is 2.21. The number of nitrogens with zero attached hydrogens (tertiary/aromatic N) is 1. The standard InChI is InChI=1S/C14H24N4O2/c1-2-9-18-12(15)11(13(19)17-14(18)20)16-10-7-5-3-4-6-8-10/h10,16H,2-9,15H2,1H3,(H,17,19,20). The van der Waals surface area contributed by atoms with Crippen LogP contribution in [0.15, 0.2) is 9.59 Å². The van der Waals surface area contributed by atoms with Crippen LogP contribution < -0.4 is 22.3 Å². The van der Waals surface area contributed by atoms with E-state index in [4.69, 9.17) is 5.73 Å². The summed E-state index contributed by atoms with van der Waals surface area (Å²) >= 11 is 0. The maximum Gasteiger partial charge on any atom is 0.330 e. The summed E-state index contributed by atoms with van der Waals surface area (Å²) in [5.74, 6) is 0.254. The van der Waals surface area contributed by atoms with Crippen LogP contribution in [0.2, 0.25) is 0 Å². The Morgan fingerprint density at radius 2 is 1.90 bits per heavy atom. The predicted octanol–water partition coefficient (Wildman–Crippen LogP) is 1.66. The predicted molar refractivity (Wildman–Crippen MR) is 81.1 cm³/mol. The summed E-state index contributed by atoms with van der Waals surface area (Å²) in [6, 6.07) is 0.272. The fraction of sp³-hybridized carbons (Fsp3) is 0.714. The topological polar surface area (TPSA) is 92.9 Å². The minimum Gasteiger partial charge on any atom is -0.383 e. The maximum absolute atomic E-state index is 12.0. The van der Waals surface area contributed by atoms with Gasteiger partial charge in [-0.25, -0.2) is 4.79 Å². The molecule has 0 bridgehead atoms. The largest absolute Gasteiger partial charge is 0.383 e. The van der Waals surface area contributed by atoms with Crippen LogP contribution in [0, 0.1) is 0 Å². The molecular formula is C14H24N4O2. The Bertz CT molecular complexity index is 553. The van der Waals surface area contributed by atoms with Crippen molar-refractivity contribution in [2.24, 2.45) is 0 Å². The van der Waals surface area contributed by atoms with Crippen LogP contribution in [0.5, 0.6) is 0 Å². The molecule has 0 spiro atoms. The number of nitrogen functional groups attached to an aromatic ring is 1. The molecule has 0 aromatic carbocycles. The zero-order chi connectivity index (χ0) is 14.5. The van der Waals surface area contributed by atoms with E-state index < -0.39 is 11.2 Å². The van der Waals surface area contributed by atoms with Crippen molar-refractivity contribution >= 4 is 11.5 Å². The van der Waals surface area contributed by atoms with E-state index in [1.54, 1.807) is 0 Å². The molecule has 1 aromatic rings. The Morgan fingerprint density at radius 3 is 2.50 bits per heavy atom. The molecule has 1 aliphatic rings. The van der Waals surface area contributed by atoms with Crippen LogP contribution in [-0.4, -0.2) is 15.6 Å². The summed E-state index contributed by atoms with van der Waals surface area (Å²) in [4.78, 5) is 26.1. The number of H-pyrrole nitrogens is 1. The van der Waals surface area contributed by atoms with Crippen molar-refractivity contribution in [3.05, 3.63) is 20.8 Å². The molecule has 0 saturated heterocycles. The maximum atomic E-state index is 12.0. The lowest BCUT2D eigenvalue weighted by Gasteiger charge is -2.19. The van der Waals surface area contributed by atoms with Gasteiger partial charge in [0.1, 0.15) is 11.5 Å². The Balaban J connectivity index is 2.28. The van der Waals surface area contributed by atoms with Gasteiger partial charge >= 0.3 is 5.69 Å². The minimum absolute atomic E-state index is 0.254. The summed E-state index contributed by atoms with van der Waals surface area (Å²) in [7, 11) is 0. The first-order valence-corrected chi connectivity index (χ1v) is 7.52. The fourth-order valence-corrected chi connectivity index (χ4v) is 2.80. The molecule has 6 nitrogen and oxygen atoms in total. The molecular weight excluding hydrogens is 256 g/mol. The summed E-state index contributed by atoms with van der Waals surface area (Å²) < 4.78 is 1.43. The average Bonchev–Trinajstić information content (AvgIpc) is 2.68. The quantitative estimate of drug-likeness (QED) is 0.731. The van der Waals surface area contributed by atoms with Crippen LogP contribution in [-0.2, 0) is 6.54 Å². The van der Waals surface area contributed by atoms with E-state index in [9.17, 15) is 9.59 Å². The number of aromatic nitrogens is 2. The van der Waals surface area contributed by atoms with Crippen LogP contribution in [0.3, 0.4) is 0 Å². The highest BCUT2D eigenvalue weighted by molar-refractivity contribution is 5.60. The normalized spacial score (nSPS) is 16.9. The van der Waals surface area contributed by atoms with Gasteiger partial charge in [0.25, 0.3) is 5.56 Å². The molecule has 4 N–H and O–H groups in total. The summed E-state index contributed by atoms with van der Waals surface area (Å²) in [6.07, 6.45) is 7.73. The first kappa shape index (κ1) is 14.7. The Kier molecular flexibility index (Phi) is 4.87. The van der Waals surface area contributed by atoms with Crippen molar-refractivity contribution in [1.29, 1.82) is 0 Å². The highest BCUT2D eigenvalue weighted by atomic mass is 16.2. The van der Waals surface area contributed by atoms with Crippen molar-refractivity contribution in [2.45, 2.75) is 64.5 Å². The molecule has 0 radical (unpaired) electrons. The van der Waals surface area contributed by atoms with Crippen molar-refractivity contribution in [3.8, 4) is 0 Å². The monoisotopic (exact) mass is 280 g/mol. The number of hydrogen-bond acceptors (Lipinski definition) is 4. The number of nitrogens with one attached hydrogen (secondary N) is 2. The third-order valence-corrected chi connectivity index (χ3v) is 3.89. The Hall–Kier alpha value is -1.72. The molecule has 1 saturated carbocycles. The second kappa shape index (κ2) is 6.63. The van der Waals surface area contributed by atoms with Gasteiger partial charge in [-0.05, 0) is 19.3 Å². The second-order valence-electron chi connectivity index (χ2n) is 5.50. The molecule has 20 heavy (non-hydrogen) atoms. The van der Waals surface area contributed by atoms with Gasteiger partial charge in [0, 0.05) is 12.6 Å². The van der Waals surface area contributed by atoms with Crippen molar-refractivity contribution in [1.82, 2.24) is 9.55 Å². The Morgan fingerprint density at radius 1 is 1.25 bits per heavy atom. The van der Waals surface area contributed by atoms with Gasteiger partial charge < -0.3 is 11.1 Å². The van der Waals surface area contributed by atoms with E-state index in [2.05, 4.69) is 10.3 Å². The minimum atomic E-state index is -0.430. The van der Waals surface area contributed by atoms with E-state index in [0.717, 1.165) is 19.3 Å². The molecule has 6 heteroatoms. The number of anilines is 2. The lowest BCUT2D eigenvalue weighted by molar-refractivity contribution is 0.611. The van der Waals surface area contributed by atoms with E-state index in [1.165, 1.54) is 30.3 Å². The van der Waals surface area contributed by atoms with Crippen molar-refractivity contribution in [2.75, 3.05) is 11.1 Å². The van der Waals surface area contributed by atoms with Gasteiger partial charge in [0.05, 0.1) is 0 Å². The van der Waals surface area contributed by atoms with Crippen LogP contribution in [0.4, 0.5) is 11.5 Å². The van der Waals surface area contributed by atoms with Crippen LogP contribution in [0.1, 0.15) is 51.9 Å². The van der Waals surface area contributed by atoms with Gasteiger partial charge in [-0.1, -0.05) is 32.6 Å². The van der Waals surface area contributed by atoms with Gasteiger partial charge in [-0.2, -0.15) is 0 Å². The van der Waals surface area contributed by atoms with Crippen LogP contribution in [0.25, 0.3) is 0 Å². The Labute approximate surface area is 118 Å². The molecule has 0 unspecified atom stereocenters. The number of nitrogens with two attached hydrogens (primary N) is 1. The first-order chi connectivity index (χ1) is 9.63. The van der Waals surface area contributed by atoms with Crippen molar-refractivity contribution in [3.63, 3.8) is 0 Å². The molecule has 1 aliphatic carbocycles. The molecule has 1 aromatic heterocycles. The molecule has 0 aliphatic heterocycles. The zero-order valence-corrected chi connectivity index (χ0v) is 12.1. The van der Waals surface area contributed by atoms with E-state index in [0.29, 0.717) is 12.2 Å². The summed E-state index contributed by atoms with van der Waals surface area (Å²) in [5.41, 5.74) is 5.52. The SMILES string of the molecule is CCCn1c(N)c(NC2CCCCCC2)c(=O)[nH]c1=O. The number of rotatable bonds is 4. The molecule has 1 heterocycles. The van der Waals surface area contributed by atoms with E-state index in [-0.39, 0.29) is 11.9 Å². The highest BCUT2D eigenvalue weighted by Gasteiger charge is 2.17. The lowest BCUT2D eigenvalue weighted by Crippen LogP contribution is -2.35. The third kappa shape index (κ3) is 3.23. The molecule has 0 amide bonds. The summed E-state index contributed by atoms with van der Waals surface area (Å²) in [6.45, 7) is 2.48. The van der Waals surface area contributed by atoms with Crippen LogP contribution >= 0.6 is 0 Å². The number of aromatic amines is 1. The zero-order valence-electron chi connectivity index (χ0n) is 12.1. The molecule has 0 atom stereocenters. The van der Waals surface area contributed by atoms with Gasteiger partial charge in [-0.3, -0.25) is 14.3 Å². The average molecular weight is 280 g/mol. The van der Waals surface area contributed by atoms with Crippen molar-refractivity contribution < 1.29 is 0 Å². The molecule has 1 fully saturated rings. The smallest absolute Gasteiger partial charge is 0.330 e. The first-order valence-electron chi connectivity index (χ1n) is 7.52. The molecule has 112 valence electrons. The van der Waals surface area contributed by atoms with Gasteiger partial charge in [0.2, 0.25) is 0 Å².